The molecule has 4 fully saturated rings. The van der Waals surface area contributed by atoms with Gasteiger partial charge in [0.2, 0.25) is 0 Å². The molecule has 1 aliphatic heterocycles. The zero-order valence-electron chi connectivity index (χ0n) is 33.5. The quantitative estimate of drug-likeness (QED) is 0.157. The average molecular weight is 784 g/mol. The fourth-order valence-corrected chi connectivity index (χ4v) is 13.1. The van der Waals surface area contributed by atoms with Crippen LogP contribution in [0.4, 0.5) is 10.9 Å². The standard InChI is InChI=1S/C45H49N7O4S/c1-27-32(18-47-52(27)26-44-21-42(5)20-43(6,22-44)24-45(23-42,25-44)56-41(2,3)4)30-13-14-36(49-37(30)39(54)55)51-16-15-29-28(17-46)11-12-31(33(29)19-51)38(53)50-40-48-34-9-7-8-10-35(34)57-40/h7-14,18H,15-16,19-26H2,1-6H3,(H,54,55)(H,48,50,53). The van der Waals surface area contributed by atoms with Crippen LogP contribution in [0.1, 0.15) is 116 Å². The van der Waals surface area contributed by atoms with Crippen LogP contribution in [0, 0.1) is 34.5 Å². The normalized spacial score (nSPS) is 26.4. The molecule has 12 heteroatoms. The third kappa shape index (κ3) is 6.68. The summed E-state index contributed by atoms with van der Waals surface area (Å²) in [6.07, 6.45) is 8.99. The van der Waals surface area contributed by atoms with Crippen molar-refractivity contribution in [3.05, 3.63) is 88.4 Å². The summed E-state index contributed by atoms with van der Waals surface area (Å²) in [5.41, 5.74) is 5.55. The lowest BCUT2D eigenvalue weighted by molar-refractivity contribution is -0.275. The third-order valence-electron chi connectivity index (χ3n) is 12.8. The van der Waals surface area contributed by atoms with E-state index >= 15 is 0 Å². The van der Waals surface area contributed by atoms with Gasteiger partial charge in [-0.25, -0.2) is 14.8 Å². The predicted octanol–water partition coefficient (Wildman–Crippen LogP) is 9.18. The molecule has 10 rings (SSSR count). The Kier molecular flexibility index (Phi) is 8.51. The Hall–Kier alpha value is -5.12. The Labute approximate surface area is 337 Å². The molecule has 4 heterocycles. The number of carbonyl (C=O) groups excluding carboxylic acids is 1. The van der Waals surface area contributed by atoms with E-state index in [0.29, 0.717) is 40.6 Å². The summed E-state index contributed by atoms with van der Waals surface area (Å²) < 4.78 is 10.0. The molecule has 4 bridgehead atoms. The van der Waals surface area contributed by atoms with Gasteiger partial charge < -0.3 is 14.7 Å². The predicted molar refractivity (Wildman–Crippen MR) is 221 cm³/mol. The zero-order chi connectivity index (χ0) is 40.1. The van der Waals surface area contributed by atoms with E-state index in [-0.39, 0.29) is 45.6 Å². The van der Waals surface area contributed by atoms with Crippen molar-refractivity contribution >= 4 is 44.4 Å². The smallest absolute Gasteiger partial charge is 0.355 e. The van der Waals surface area contributed by atoms with Gasteiger partial charge in [-0.2, -0.15) is 10.4 Å². The molecule has 0 spiro atoms. The van der Waals surface area contributed by atoms with Gasteiger partial charge in [-0.05, 0) is 136 Å². The molecule has 57 heavy (non-hydrogen) atoms. The van der Waals surface area contributed by atoms with E-state index in [1.165, 1.54) is 17.8 Å². The second-order valence-electron chi connectivity index (χ2n) is 19.1. The van der Waals surface area contributed by atoms with Crippen LogP contribution in [-0.2, 0) is 24.2 Å². The number of carbonyl (C=O) groups is 2. The van der Waals surface area contributed by atoms with Crippen molar-refractivity contribution in [3.8, 4) is 17.2 Å². The van der Waals surface area contributed by atoms with Crippen molar-refractivity contribution in [1.29, 1.82) is 5.26 Å². The van der Waals surface area contributed by atoms with Gasteiger partial charge in [0.15, 0.2) is 10.8 Å². The maximum absolute atomic E-state index is 13.7. The monoisotopic (exact) mass is 783 g/mol. The number of carboxylic acids is 1. The van der Waals surface area contributed by atoms with Gasteiger partial charge in [0.1, 0.15) is 5.82 Å². The maximum Gasteiger partial charge on any atom is 0.355 e. The van der Waals surface area contributed by atoms with E-state index in [0.717, 1.165) is 71.2 Å². The number of aromatic carboxylic acids is 1. The molecule has 294 valence electrons. The molecule has 5 aromatic rings. The highest BCUT2D eigenvalue weighted by molar-refractivity contribution is 7.22. The lowest BCUT2D eigenvalue weighted by atomic mass is 9.39. The number of hydrogen-bond acceptors (Lipinski definition) is 9. The minimum absolute atomic E-state index is 0.0371. The fraction of sp³-hybridized carbons (Fsp3) is 0.467. The summed E-state index contributed by atoms with van der Waals surface area (Å²) in [5.74, 6) is -0.944. The SMILES string of the molecule is Cc1c(-c2ccc(N3CCc4c(C#N)ccc(C(=O)Nc5nc6ccccc6s5)c4C3)nc2C(=O)O)cnn1CC12CC3(C)CC(C)(C1)CC(OC(C)(C)C)(C3)C2. The van der Waals surface area contributed by atoms with Crippen LogP contribution in [0.3, 0.4) is 0 Å². The molecule has 3 aromatic heterocycles. The number of anilines is 2. The lowest BCUT2D eigenvalue weighted by Gasteiger charge is -2.70. The maximum atomic E-state index is 13.7. The van der Waals surface area contributed by atoms with Crippen LogP contribution in [0.25, 0.3) is 21.3 Å². The molecule has 4 aliphatic carbocycles. The van der Waals surface area contributed by atoms with E-state index in [9.17, 15) is 20.0 Å². The number of thiazole rings is 1. The number of rotatable bonds is 8. The van der Waals surface area contributed by atoms with Crippen LogP contribution >= 0.6 is 11.3 Å². The minimum atomic E-state index is -1.12. The Bertz CT molecular complexity index is 2470. The van der Waals surface area contributed by atoms with E-state index in [1.54, 1.807) is 18.3 Å². The van der Waals surface area contributed by atoms with Crippen LogP contribution in [-0.4, -0.2) is 54.5 Å². The summed E-state index contributed by atoms with van der Waals surface area (Å²) in [6.45, 7) is 15.0. The summed E-state index contributed by atoms with van der Waals surface area (Å²) in [6, 6.07) is 17.1. The van der Waals surface area contributed by atoms with E-state index < -0.39 is 5.97 Å². The number of fused-ring (bicyclic) bond motifs is 2. The van der Waals surface area contributed by atoms with Gasteiger partial charge in [-0.3, -0.25) is 14.8 Å². The number of aromatic nitrogens is 4. The molecule has 11 nitrogen and oxygen atoms in total. The molecule has 2 aromatic carbocycles. The van der Waals surface area contributed by atoms with Crippen molar-refractivity contribution in [2.24, 2.45) is 16.2 Å². The first-order valence-corrected chi connectivity index (χ1v) is 20.7. The number of amides is 1. The third-order valence-corrected chi connectivity index (χ3v) is 13.7. The zero-order valence-corrected chi connectivity index (χ0v) is 34.3. The van der Waals surface area contributed by atoms with Crippen LogP contribution in [0.15, 0.2) is 54.7 Å². The van der Waals surface area contributed by atoms with Gasteiger partial charge in [-0.1, -0.05) is 37.3 Å². The number of pyridine rings is 1. The van der Waals surface area contributed by atoms with Crippen molar-refractivity contribution < 1.29 is 19.4 Å². The molecule has 2 N–H and O–H groups in total. The molecule has 4 saturated carbocycles. The molecular formula is C45H49N7O4S. The second-order valence-corrected chi connectivity index (χ2v) is 20.1. The van der Waals surface area contributed by atoms with E-state index in [1.807, 2.05) is 48.2 Å². The van der Waals surface area contributed by atoms with E-state index in [2.05, 4.69) is 55.7 Å². The number of ether oxygens (including phenoxy) is 1. The Balaban J connectivity index is 0.993. The summed E-state index contributed by atoms with van der Waals surface area (Å²) in [5, 5.41) is 28.9. The number of nitriles is 1. The summed E-state index contributed by atoms with van der Waals surface area (Å²) >= 11 is 1.40. The van der Waals surface area contributed by atoms with Crippen molar-refractivity contribution in [2.45, 2.75) is 111 Å². The van der Waals surface area contributed by atoms with Gasteiger partial charge in [-0.15, -0.1) is 0 Å². The number of para-hydroxylation sites is 1. The minimum Gasteiger partial charge on any atom is -0.476 e. The first kappa shape index (κ1) is 37.5. The fourth-order valence-electron chi connectivity index (χ4n) is 12.2. The Morgan fingerprint density at radius 3 is 2.42 bits per heavy atom. The van der Waals surface area contributed by atoms with Gasteiger partial charge in [0, 0.05) is 42.0 Å². The van der Waals surface area contributed by atoms with Crippen LogP contribution < -0.4 is 10.2 Å². The van der Waals surface area contributed by atoms with E-state index in [4.69, 9.17) is 14.8 Å². The lowest BCUT2D eigenvalue weighted by Crippen LogP contribution is -2.65. The molecule has 2 atom stereocenters. The highest BCUT2D eigenvalue weighted by atomic mass is 32.1. The molecule has 1 amide bonds. The van der Waals surface area contributed by atoms with Gasteiger partial charge in [0.05, 0.1) is 39.2 Å². The van der Waals surface area contributed by atoms with Crippen molar-refractivity contribution in [3.63, 3.8) is 0 Å². The largest absolute Gasteiger partial charge is 0.476 e. The molecule has 0 radical (unpaired) electrons. The first-order chi connectivity index (χ1) is 27.0. The van der Waals surface area contributed by atoms with Crippen LogP contribution in [0.5, 0.6) is 0 Å². The van der Waals surface area contributed by atoms with Crippen LogP contribution in [0.2, 0.25) is 0 Å². The van der Waals surface area contributed by atoms with Crippen molar-refractivity contribution in [1.82, 2.24) is 19.7 Å². The van der Waals surface area contributed by atoms with Crippen molar-refractivity contribution in [2.75, 3.05) is 16.8 Å². The summed E-state index contributed by atoms with van der Waals surface area (Å²) in [7, 11) is 0. The number of nitrogens with one attached hydrogen (secondary N) is 1. The topological polar surface area (TPSA) is 146 Å². The number of nitrogens with zero attached hydrogens (tertiary/aromatic N) is 6. The average Bonchev–Trinajstić information content (AvgIpc) is 3.69. The first-order valence-electron chi connectivity index (χ1n) is 19.9. The number of benzene rings is 2. The molecule has 2 unspecified atom stereocenters. The summed E-state index contributed by atoms with van der Waals surface area (Å²) in [4.78, 5) is 37.9. The number of hydrogen-bond donors (Lipinski definition) is 2. The van der Waals surface area contributed by atoms with Gasteiger partial charge >= 0.3 is 5.97 Å². The molecule has 0 saturated heterocycles. The Morgan fingerprint density at radius 2 is 1.72 bits per heavy atom. The molecule has 5 aliphatic rings. The molecular weight excluding hydrogens is 735 g/mol. The second kappa shape index (κ2) is 12.9. The highest BCUT2D eigenvalue weighted by Crippen LogP contribution is 2.72. The highest BCUT2D eigenvalue weighted by Gasteiger charge is 2.66. The number of carboxylic acid groups (broad SMARTS) is 1. The van der Waals surface area contributed by atoms with Gasteiger partial charge in [0.25, 0.3) is 5.91 Å². The Morgan fingerprint density at radius 1 is 0.965 bits per heavy atom.